The standard InChI is InChI=1S/C17H12ClN3O4/c18-10-3-1-9(2-4-10)12-6-5-11-13(21-12)7-19-15(16(11)24)17(25)20-8-14(22)23/h1-7,24H,8H2,(H,20,25)(H,22,23). The van der Waals surface area contributed by atoms with Gasteiger partial charge in [-0.05, 0) is 24.3 Å². The molecule has 126 valence electrons. The van der Waals surface area contributed by atoms with Crippen LogP contribution in [0.1, 0.15) is 10.5 Å². The number of benzene rings is 1. The number of carboxylic acid groups (broad SMARTS) is 1. The maximum atomic E-state index is 11.9. The lowest BCUT2D eigenvalue weighted by atomic mass is 10.1. The molecule has 0 bridgehead atoms. The maximum Gasteiger partial charge on any atom is 0.322 e. The predicted molar refractivity (Wildman–Crippen MR) is 91.6 cm³/mol. The number of carboxylic acids is 1. The van der Waals surface area contributed by atoms with Crippen LogP contribution in [0.4, 0.5) is 0 Å². The van der Waals surface area contributed by atoms with Crippen LogP contribution in [-0.4, -0.2) is 38.6 Å². The van der Waals surface area contributed by atoms with Crippen molar-refractivity contribution < 1.29 is 19.8 Å². The van der Waals surface area contributed by atoms with Gasteiger partial charge < -0.3 is 15.5 Å². The SMILES string of the molecule is O=C(O)CNC(=O)c1ncc2nc(-c3ccc(Cl)cc3)ccc2c1O. The number of pyridine rings is 2. The van der Waals surface area contributed by atoms with Gasteiger partial charge in [-0.25, -0.2) is 9.97 Å². The van der Waals surface area contributed by atoms with E-state index in [9.17, 15) is 14.7 Å². The average Bonchev–Trinajstić information content (AvgIpc) is 2.60. The third-order valence-electron chi connectivity index (χ3n) is 3.48. The van der Waals surface area contributed by atoms with E-state index in [2.05, 4.69) is 15.3 Å². The number of amides is 1. The zero-order chi connectivity index (χ0) is 18.0. The fourth-order valence-electron chi connectivity index (χ4n) is 2.28. The van der Waals surface area contributed by atoms with Gasteiger partial charge in [0.25, 0.3) is 5.91 Å². The molecule has 0 fully saturated rings. The van der Waals surface area contributed by atoms with Crippen molar-refractivity contribution in [3.05, 3.63) is 53.3 Å². The van der Waals surface area contributed by atoms with E-state index in [1.54, 1.807) is 24.3 Å². The minimum absolute atomic E-state index is 0.255. The van der Waals surface area contributed by atoms with Crippen molar-refractivity contribution in [2.75, 3.05) is 6.54 Å². The molecule has 8 heteroatoms. The van der Waals surface area contributed by atoms with Crippen molar-refractivity contribution in [2.24, 2.45) is 0 Å². The number of nitrogens with zero attached hydrogens (tertiary/aromatic N) is 2. The van der Waals surface area contributed by atoms with Gasteiger partial charge in [0.2, 0.25) is 0 Å². The Morgan fingerprint density at radius 3 is 2.52 bits per heavy atom. The van der Waals surface area contributed by atoms with Crippen LogP contribution in [0.25, 0.3) is 22.2 Å². The summed E-state index contributed by atoms with van der Waals surface area (Å²) in [6.07, 6.45) is 1.35. The first kappa shape index (κ1) is 16.7. The molecule has 0 radical (unpaired) electrons. The van der Waals surface area contributed by atoms with Gasteiger partial charge in [-0.2, -0.15) is 0 Å². The van der Waals surface area contributed by atoms with Crippen LogP contribution in [0, 0.1) is 0 Å². The highest BCUT2D eigenvalue weighted by Gasteiger charge is 2.17. The first-order chi connectivity index (χ1) is 12.0. The molecule has 0 saturated carbocycles. The molecule has 0 atom stereocenters. The van der Waals surface area contributed by atoms with E-state index in [4.69, 9.17) is 16.7 Å². The van der Waals surface area contributed by atoms with Crippen LogP contribution in [0.2, 0.25) is 5.02 Å². The summed E-state index contributed by atoms with van der Waals surface area (Å²) in [7, 11) is 0. The number of halogens is 1. The summed E-state index contributed by atoms with van der Waals surface area (Å²) in [5, 5.41) is 22.0. The Labute approximate surface area is 146 Å². The number of aliphatic carboxylic acids is 1. The van der Waals surface area contributed by atoms with Crippen LogP contribution in [0.3, 0.4) is 0 Å². The summed E-state index contributed by atoms with van der Waals surface area (Å²) in [5.74, 6) is -2.32. The van der Waals surface area contributed by atoms with Crippen molar-refractivity contribution in [3.8, 4) is 17.0 Å². The van der Waals surface area contributed by atoms with E-state index < -0.39 is 18.4 Å². The van der Waals surface area contributed by atoms with Crippen molar-refractivity contribution in [1.29, 1.82) is 0 Å². The van der Waals surface area contributed by atoms with Gasteiger partial charge in [-0.1, -0.05) is 23.7 Å². The lowest BCUT2D eigenvalue weighted by Gasteiger charge is -2.08. The molecule has 0 unspecified atom stereocenters. The lowest BCUT2D eigenvalue weighted by Crippen LogP contribution is -2.29. The third kappa shape index (κ3) is 3.51. The van der Waals surface area contributed by atoms with E-state index in [0.717, 1.165) is 5.56 Å². The highest BCUT2D eigenvalue weighted by Crippen LogP contribution is 2.28. The van der Waals surface area contributed by atoms with Gasteiger partial charge in [0, 0.05) is 16.0 Å². The smallest absolute Gasteiger partial charge is 0.322 e. The molecular weight excluding hydrogens is 346 g/mol. The fourth-order valence-corrected chi connectivity index (χ4v) is 2.40. The highest BCUT2D eigenvalue weighted by atomic mass is 35.5. The summed E-state index contributed by atoms with van der Waals surface area (Å²) >= 11 is 5.87. The Hall–Kier alpha value is -3.19. The Morgan fingerprint density at radius 2 is 1.84 bits per heavy atom. The van der Waals surface area contributed by atoms with Crippen LogP contribution in [0.5, 0.6) is 5.75 Å². The fraction of sp³-hybridized carbons (Fsp3) is 0.0588. The first-order valence-electron chi connectivity index (χ1n) is 7.20. The molecule has 0 aliphatic heterocycles. The topological polar surface area (TPSA) is 112 Å². The third-order valence-corrected chi connectivity index (χ3v) is 3.73. The molecule has 3 aromatic rings. The Bertz CT molecular complexity index is 974. The van der Waals surface area contributed by atoms with E-state index in [1.807, 2.05) is 12.1 Å². The van der Waals surface area contributed by atoms with Crippen molar-refractivity contribution in [1.82, 2.24) is 15.3 Å². The molecule has 0 aliphatic rings. The van der Waals surface area contributed by atoms with E-state index in [-0.39, 0.29) is 11.4 Å². The molecule has 0 saturated heterocycles. The molecule has 2 aromatic heterocycles. The minimum atomic E-state index is -1.19. The Morgan fingerprint density at radius 1 is 1.12 bits per heavy atom. The molecule has 1 aromatic carbocycles. The van der Waals surface area contributed by atoms with E-state index in [1.165, 1.54) is 6.20 Å². The quantitative estimate of drug-likeness (QED) is 0.661. The van der Waals surface area contributed by atoms with Crippen LogP contribution in [-0.2, 0) is 4.79 Å². The number of aromatic nitrogens is 2. The van der Waals surface area contributed by atoms with Gasteiger partial charge in [0.15, 0.2) is 11.4 Å². The van der Waals surface area contributed by atoms with E-state index in [0.29, 0.717) is 21.6 Å². The summed E-state index contributed by atoms with van der Waals surface area (Å²) in [4.78, 5) is 30.7. The van der Waals surface area contributed by atoms with Crippen molar-refractivity contribution >= 4 is 34.4 Å². The Kier molecular flexibility index (Phi) is 4.49. The normalized spacial score (nSPS) is 10.6. The number of rotatable bonds is 4. The maximum absolute atomic E-state index is 11.9. The molecular formula is C17H12ClN3O4. The average molecular weight is 358 g/mol. The number of hydrogen-bond donors (Lipinski definition) is 3. The molecule has 0 aliphatic carbocycles. The molecule has 1 amide bonds. The highest BCUT2D eigenvalue weighted by molar-refractivity contribution is 6.30. The van der Waals surface area contributed by atoms with Crippen LogP contribution >= 0.6 is 11.6 Å². The van der Waals surface area contributed by atoms with Gasteiger partial charge in [0.05, 0.1) is 17.4 Å². The monoisotopic (exact) mass is 357 g/mol. The molecule has 25 heavy (non-hydrogen) atoms. The first-order valence-corrected chi connectivity index (χ1v) is 7.58. The molecule has 3 N–H and O–H groups in total. The summed E-state index contributed by atoms with van der Waals surface area (Å²) in [6, 6.07) is 10.4. The van der Waals surface area contributed by atoms with Gasteiger partial charge in [-0.3, -0.25) is 9.59 Å². The molecule has 2 heterocycles. The summed E-state index contributed by atoms with van der Waals surface area (Å²) in [5.41, 5.74) is 1.65. The molecule has 0 spiro atoms. The van der Waals surface area contributed by atoms with E-state index >= 15 is 0 Å². The second-order valence-electron chi connectivity index (χ2n) is 5.17. The van der Waals surface area contributed by atoms with Crippen molar-refractivity contribution in [3.63, 3.8) is 0 Å². The number of hydrogen-bond acceptors (Lipinski definition) is 5. The van der Waals surface area contributed by atoms with Gasteiger partial charge >= 0.3 is 5.97 Å². The second-order valence-corrected chi connectivity index (χ2v) is 5.60. The van der Waals surface area contributed by atoms with Crippen molar-refractivity contribution in [2.45, 2.75) is 0 Å². The summed E-state index contributed by atoms with van der Waals surface area (Å²) < 4.78 is 0. The largest absolute Gasteiger partial charge is 0.505 e. The number of carbonyl (C=O) groups is 2. The van der Waals surface area contributed by atoms with Crippen LogP contribution < -0.4 is 5.32 Å². The zero-order valence-electron chi connectivity index (χ0n) is 12.7. The molecule has 7 nitrogen and oxygen atoms in total. The Balaban J connectivity index is 1.97. The number of nitrogens with one attached hydrogen (secondary N) is 1. The number of fused-ring (bicyclic) bond motifs is 1. The molecule has 3 rings (SSSR count). The zero-order valence-corrected chi connectivity index (χ0v) is 13.5. The van der Waals surface area contributed by atoms with Crippen LogP contribution in [0.15, 0.2) is 42.6 Å². The van der Waals surface area contributed by atoms with Gasteiger partial charge in [-0.15, -0.1) is 0 Å². The summed E-state index contributed by atoms with van der Waals surface area (Å²) in [6.45, 7) is -0.564. The number of aromatic hydroxyl groups is 1. The van der Waals surface area contributed by atoms with Gasteiger partial charge in [0.1, 0.15) is 6.54 Å². The lowest BCUT2D eigenvalue weighted by molar-refractivity contribution is -0.135. The minimum Gasteiger partial charge on any atom is -0.505 e. The predicted octanol–water partition coefficient (Wildman–Crippen LogP) is 2.47. The second kappa shape index (κ2) is 6.74. The number of carbonyl (C=O) groups excluding carboxylic acids is 1.